The van der Waals surface area contributed by atoms with Gasteiger partial charge in [-0.15, -0.1) is 0 Å². The van der Waals surface area contributed by atoms with Crippen LogP contribution in [0, 0.1) is 4.64 Å². The van der Waals surface area contributed by atoms with Crippen molar-refractivity contribution in [3.8, 4) is 0 Å². The average Bonchev–Trinajstić information content (AvgIpc) is 2.36. The molecule has 1 atom stereocenters. The molecule has 0 spiro atoms. The van der Waals surface area contributed by atoms with Crippen LogP contribution in [0.1, 0.15) is 17.6 Å². The number of ether oxygens (including phenoxy) is 2. The normalized spacial score (nSPS) is 20.5. The summed E-state index contributed by atoms with van der Waals surface area (Å²) in [4.78, 5) is 7.59. The molecule has 0 amide bonds. The maximum Gasteiger partial charge on any atom is 0.144 e. The molecule has 1 aromatic rings. The number of halogens is 1. The maximum absolute atomic E-state index is 5.67. The topological polar surface area (TPSA) is 47.1 Å². The fraction of sp³-hybridized carbons (Fsp3) is 0.600. The van der Waals surface area contributed by atoms with Crippen molar-refractivity contribution in [3.63, 3.8) is 0 Å². The van der Waals surface area contributed by atoms with Gasteiger partial charge in [0.2, 0.25) is 0 Å². The van der Waals surface area contributed by atoms with E-state index in [9.17, 15) is 0 Å². The van der Waals surface area contributed by atoms with Crippen molar-refractivity contribution in [2.24, 2.45) is 0 Å². The van der Waals surface area contributed by atoms with Gasteiger partial charge in [-0.2, -0.15) is 11.8 Å². The van der Waals surface area contributed by atoms with Gasteiger partial charge in [0.25, 0.3) is 0 Å². The van der Waals surface area contributed by atoms with Gasteiger partial charge < -0.3 is 14.5 Å². The third kappa shape index (κ3) is 3.29. The van der Waals surface area contributed by atoms with E-state index >= 15 is 0 Å². The van der Waals surface area contributed by atoms with Crippen molar-refractivity contribution in [2.75, 3.05) is 25.2 Å². The maximum atomic E-state index is 5.67. The molecule has 0 saturated carbocycles. The van der Waals surface area contributed by atoms with Gasteiger partial charge in [0.05, 0.1) is 23.4 Å². The van der Waals surface area contributed by atoms with Gasteiger partial charge in [-0.25, -0.2) is 4.98 Å². The van der Waals surface area contributed by atoms with Crippen molar-refractivity contribution in [1.82, 2.24) is 9.97 Å². The van der Waals surface area contributed by atoms with Crippen LogP contribution in [0.3, 0.4) is 0 Å². The Morgan fingerprint density at radius 1 is 1.71 bits per heavy atom. The first-order valence-electron chi connectivity index (χ1n) is 5.19. The zero-order chi connectivity index (χ0) is 12.3. The largest absolute Gasteiger partial charge is 0.378 e. The van der Waals surface area contributed by atoms with Gasteiger partial charge in [0.15, 0.2) is 0 Å². The molecule has 0 radical (unpaired) electrons. The lowest BCUT2D eigenvalue weighted by atomic mass is 10.3. The van der Waals surface area contributed by atoms with E-state index in [1.54, 1.807) is 7.11 Å². The first-order chi connectivity index (χ1) is 8.22. The fourth-order valence-corrected chi connectivity index (χ4v) is 2.94. The van der Waals surface area contributed by atoms with Crippen LogP contribution in [-0.2, 0) is 16.1 Å². The molecule has 1 saturated heterocycles. The van der Waals surface area contributed by atoms with Crippen molar-refractivity contribution in [2.45, 2.75) is 12.7 Å². The molecule has 0 bridgehead atoms. The molecule has 94 valence electrons. The van der Waals surface area contributed by atoms with Gasteiger partial charge >= 0.3 is 0 Å². The number of nitrogens with one attached hydrogen (secondary N) is 1. The zero-order valence-corrected chi connectivity index (χ0v) is 12.6. The van der Waals surface area contributed by atoms with Crippen LogP contribution in [0.15, 0.2) is 4.47 Å². The minimum Gasteiger partial charge on any atom is -0.378 e. The minimum atomic E-state index is -0.000781. The van der Waals surface area contributed by atoms with Crippen molar-refractivity contribution in [3.05, 3.63) is 20.6 Å². The van der Waals surface area contributed by atoms with Crippen LogP contribution in [0.2, 0.25) is 0 Å². The predicted octanol–water partition coefficient (Wildman–Crippen LogP) is 2.85. The molecule has 17 heavy (non-hydrogen) atoms. The van der Waals surface area contributed by atoms with Crippen LogP contribution in [0.4, 0.5) is 0 Å². The highest BCUT2D eigenvalue weighted by atomic mass is 79.9. The average molecular weight is 337 g/mol. The summed E-state index contributed by atoms with van der Waals surface area (Å²) in [5.41, 5.74) is 0.904. The van der Waals surface area contributed by atoms with E-state index in [0.29, 0.717) is 11.2 Å². The molecule has 1 aliphatic heterocycles. The second-order valence-corrected chi connectivity index (χ2v) is 5.92. The molecule has 1 aliphatic rings. The quantitative estimate of drug-likeness (QED) is 0.860. The smallest absolute Gasteiger partial charge is 0.144 e. The lowest BCUT2D eigenvalue weighted by Crippen LogP contribution is -2.19. The summed E-state index contributed by atoms with van der Waals surface area (Å²) in [6.45, 7) is 1.23. The van der Waals surface area contributed by atoms with Crippen LogP contribution >= 0.6 is 39.9 Å². The van der Waals surface area contributed by atoms with Gasteiger partial charge in [0, 0.05) is 18.6 Å². The molecule has 1 unspecified atom stereocenters. The number of H-pyrrole nitrogens is 1. The zero-order valence-electron chi connectivity index (χ0n) is 9.36. The Bertz CT molecular complexity index is 446. The van der Waals surface area contributed by atoms with E-state index < -0.39 is 0 Å². The van der Waals surface area contributed by atoms with Crippen LogP contribution in [0.5, 0.6) is 0 Å². The van der Waals surface area contributed by atoms with Crippen LogP contribution < -0.4 is 0 Å². The van der Waals surface area contributed by atoms with Crippen LogP contribution in [0.25, 0.3) is 0 Å². The highest BCUT2D eigenvalue weighted by Gasteiger charge is 2.20. The third-order valence-corrected chi connectivity index (χ3v) is 4.77. The molecule has 1 fully saturated rings. The van der Waals surface area contributed by atoms with Gasteiger partial charge in [-0.05, 0) is 15.9 Å². The van der Waals surface area contributed by atoms with E-state index in [1.165, 1.54) is 0 Å². The monoisotopic (exact) mass is 336 g/mol. The first kappa shape index (κ1) is 13.5. The molecule has 1 aromatic heterocycles. The molecule has 1 N–H and O–H groups in total. The highest BCUT2D eigenvalue weighted by Crippen LogP contribution is 2.26. The fourth-order valence-electron chi connectivity index (χ4n) is 1.57. The molecular weight excluding hydrogens is 324 g/mol. The summed E-state index contributed by atoms with van der Waals surface area (Å²) in [5.74, 6) is 2.74. The van der Waals surface area contributed by atoms with Gasteiger partial charge in [-0.1, -0.05) is 12.2 Å². The Hall–Kier alpha value is 0.0500. The summed E-state index contributed by atoms with van der Waals surface area (Å²) in [7, 11) is 1.65. The Labute approximate surface area is 118 Å². The van der Waals surface area contributed by atoms with E-state index in [-0.39, 0.29) is 6.10 Å². The number of rotatable bonds is 3. The SMILES string of the molecule is COCc1[nH]c(C2CSCCO2)nc(=S)c1Br. The molecular formula is C10H13BrN2O2S2. The second-order valence-electron chi connectivity index (χ2n) is 3.59. The minimum absolute atomic E-state index is 0.000781. The Morgan fingerprint density at radius 2 is 2.53 bits per heavy atom. The summed E-state index contributed by atoms with van der Waals surface area (Å²) in [6, 6.07) is 0. The Morgan fingerprint density at radius 3 is 3.18 bits per heavy atom. The second kappa shape index (κ2) is 6.29. The summed E-state index contributed by atoms with van der Waals surface area (Å²) < 4.78 is 12.1. The summed E-state index contributed by atoms with van der Waals surface area (Å²) in [5, 5.41) is 0. The highest BCUT2D eigenvalue weighted by molar-refractivity contribution is 9.10. The number of hydrogen-bond donors (Lipinski definition) is 1. The molecule has 4 nitrogen and oxygen atoms in total. The number of aromatic amines is 1. The van der Waals surface area contributed by atoms with Gasteiger partial charge in [0.1, 0.15) is 16.6 Å². The number of nitrogens with zero attached hydrogens (tertiary/aromatic N) is 1. The summed E-state index contributed by atoms with van der Waals surface area (Å²) in [6.07, 6.45) is -0.000781. The van der Waals surface area contributed by atoms with Crippen molar-refractivity contribution < 1.29 is 9.47 Å². The molecule has 2 heterocycles. The van der Waals surface area contributed by atoms with Crippen molar-refractivity contribution in [1.29, 1.82) is 0 Å². The molecule has 0 aromatic carbocycles. The number of aromatic nitrogens is 2. The van der Waals surface area contributed by atoms with Gasteiger partial charge in [-0.3, -0.25) is 0 Å². The molecule has 0 aliphatic carbocycles. The van der Waals surface area contributed by atoms with E-state index in [1.807, 2.05) is 11.8 Å². The standard InChI is InChI=1S/C10H13BrN2O2S2/c1-14-4-6-8(11)10(16)13-9(12-6)7-5-17-3-2-15-7/h7H,2-5H2,1H3,(H,12,13,16). The molecule has 7 heteroatoms. The van der Waals surface area contributed by atoms with E-state index in [2.05, 4.69) is 25.9 Å². The van der Waals surface area contributed by atoms with Crippen LogP contribution in [-0.4, -0.2) is 35.2 Å². The first-order valence-corrected chi connectivity index (χ1v) is 7.55. The number of thioether (sulfide) groups is 1. The molecule has 2 rings (SSSR count). The number of hydrogen-bond acceptors (Lipinski definition) is 5. The van der Waals surface area contributed by atoms with E-state index in [4.69, 9.17) is 21.7 Å². The lowest BCUT2D eigenvalue weighted by Gasteiger charge is -2.22. The van der Waals surface area contributed by atoms with E-state index in [0.717, 1.165) is 34.1 Å². The predicted molar refractivity (Wildman–Crippen MR) is 73.9 cm³/mol. The van der Waals surface area contributed by atoms with Crippen molar-refractivity contribution >= 4 is 39.9 Å². The summed E-state index contributed by atoms with van der Waals surface area (Å²) >= 11 is 10.5. The Balaban J connectivity index is 2.30. The third-order valence-electron chi connectivity index (χ3n) is 2.36. The lowest BCUT2D eigenvalue weighted by molar-refractivity contribution is 0.0687. The number of methoxy groups -OCH3 is 1. The Kier molecular flexibility index (Phi) is 4.98.